The first-order chi connectivity index (χ1) is 10.2. The minimum absolute atomic E-state index is 0.690. The van der Waals surface area contributed by atoms with E-state index in [1.54, 1.807) is 0 Å². The molecule has 108 valence electrons. The van der Waals surface area contributed by atoms with Gasteiger partial charge in [0.25, 0.3) is 0 Å². The van der Waals surface area contributed by atoms with Crippen LogP contribution >= 0.6 is 23.4 Å². The van der Waals surface area contributed by atoms with E-state index in [0.29, 0.717) is 10.6 Å². The van der Waals surface area contributed by atoms with Gasteiger partial charge in [0.2, 0.25) is 0 Å². The molecular formula is C17H17ClN2S. The van der Waals surface area contributed by atoms with Gasteiger partial charge in [-0.25, -0.2) is 0 Å². The van der Waals surface area contributed by atoms with Gasteiger partial charge in [-0.05, 0) is 42.8 Å². The van der Waals surface area contributed by atoms with E-state index in [-0.39, 0.29) is 0 Å². The van der Waals surface area contributed by atoms with E-state index in [0.717, 1.165) is 34.9 Å². The second-order valence-corrected chi connectivity index (χ2v) is 6.14. The number of hydrogen-bond donors (Lipinski definition) is 1. The Bertz CT molecular complexity index is 649. The smallest absolute Gasteiger partial charge is 0.100 e. The second kappa shape index (κ2) is 8.09. The summed E-state index contributed by atoms with van der Waals surface area (Å²) in [5.74, 6) is 0. The highest BCUT2D eigenvalue weighted by atomic mass is 35.5. The van der Waals surface area contributed by atoms with Crippen molar-refractivity contribution in [2.75, 3.05) is 6.54 Å². The summed E-state index contributed by atoms with van der Waals surface area (Å²) in [7, 11) is 0. The van der Waals surface area contributed by atoms with E-state index < -0.39 is 0 Å². The average Bonchev–Trinajstić information content (AvgIpc) is 2.51. The molecule has 0 heterocycles. The third kappa shape index (κ3) is 4.50. The Morgan fingerprint density at radius 3 is 2.71 bits per heavy atom. The highest BCUT2D eigenvalue weighted by Gasteiger charge is 2.08. The van der Waals surface area contributed by atoms with Crippen molar-refractivity contribution in [3.05, 3.63) is 58.6 Å². The van der Waals surface area contributed by atoms with Crippen molar-refractivity contribution in [1.29, 1.82) is 5.26 Å². The van der Waals surface area contributed by atoms with Gasteiger partial charge < -0.3 is 5.32 Å². The Morgan fingerprint density at radius 2 is 2.00 bits per heavy atom. The van der Waals surface area contributed by atoms with Crippen LogP contribution in [0.3, 0.4) is 0 Å². The molecule has 0 saturated heterocycles. The molecule has 0 atom stereocenters. The number of rotatable bonds is 6. The van der Waals surface area contributed by atoms with Crippen LogP contribution in [0.5, 0.6) is 0 Å². The molecule has 21 heavy (non-hydrogen) atoms. The van der Waals surface area contributed by atoms with Crippen LogP contribution in [0.25, 0.3) is 0 Å². The lowest BCUT2D eigenvalue weighted by Gasteiger charge is -2.08. The molecule has 2 aromatic carbocycles. The van der Waals surface area contributed by atoms with Crippen LogP contribution in [0.2, 0.25) is 5.02 Å². The van der Waals surface area contributed by atoms with Gasteiger partial charge in [0.15, 0.2) is 0 Å². The van der Waals surface area contributed by atoms with Gasteiger partial charge in [-0.15, -0.1) is 0 Å². The normalized spacial score (nSPS) is 10.3. The molecule has 0 fully saturated rings. The summed E-state index contributed by atoms with van der Waals surface area (Å²) in [5, 5.41) is 13.4. The van der Waals surface area contributed by atoms with Crippen molar-refractivity contribution >= 4 is 23.4 Å². The maximum absolute atomic E-state index is 9.35. The summed E-state index contributed by atoms with van der Waals surface area (Å²) in [5.41, 5.74) is 1.82. The second-order valence-electron chi connectivity index (χ2n) is 4.65. The average molecular weight is 317 g/mol. The molecule has 0 saturated carbocycles. The number of halogens is 1. The number of benzene rings is 2. The van der Waals surface area contributed by atoms with E-state index in [2.05, 4.69) is 24.4 Å². The molecule has 0 amide bonds. The van der Waals surface area contributed by atoms with Crippen molar-refractivity contribution in [2.24, 2.45) is 0 Å². The van der Waals surface area contributed by atoms with Gasteiger partial charge in [-0.1, -0.05) is 48.5 Å². The molecule has 0 aliphatic carbocycles. The van der Waals surface area contributed by atoms with Gasteiger partial charge >= 0.3 is 0 Å². The molecule has 4 heteroatoms. The Kier molecular flexibility index (Phi) is 6.13. The Labute approximate surface area is 135 Å². The van der Waals surface area contributed by atoms with Crippen LogP contribution < -0.4 is 5.32 Å². The fourth-order valence-corrected chi connectivity index (χ4v) is 3.07. The van der Waals surface area contributed by atoms with Crippen molar-refractivity contribution in [2.45, 2.75) is 29.7 Å². The number of nitrogens with one attached hydrogen (secondary N) is 1. The predicted molar refractivity (Wildman–Crippen MR) is 88.7 cm³/mol. The first kappa shape index (κ1) is 15.9. The lowest BCUT2D eigenvalue weighted by atomic mass is 10.1. The molecule has 2 aromatic rings. The quantitative estimate of drug-likeness (QED) is 0.773. The molecule has 0 aliphatic rings. The molecule has 0 radical (unpaired) electrons. The van der Waals surface area contributed by atoms with Gasteiger partial charge in [-0.2, -0.15) is 5.26 Å². The highest BCUT2D eigenvalue weighted by molar-refractivity contribution is 7.99. The summed E-state index contributed by atoms with van der Waals surface area (Å²) in [4.78, 5) is 1.90. The summed E-state index contributed by atoms with van der Waals surface area (Å²) in [6.45, 7) is 3.91. The van der Waals surface area contributed by atoms with Crippen LogP contribution in [0.4, 0.5) is 0 Å². The van der Waals surface area contributed by atoms with Crippen LogP contribution in [-0.2, 0) is 6.54 Å². The SMILES string of the molecule is CCCNCc1ccc(Sc2ccccc2Cl)c(C#N)c1. The Hall–Kier alpha value is -1.47. The maximum atomic E-state index is 9.35. The third-order valence-corrected chi connectivity index (χ3v) is 4.57. The lowest BCUT2D eigenvalue weighted by molar-refractivity contribution is 0.675. The number of nitriles is 1. The van der Waals surface area contributed by atoms with Crippen LogP contribution in [0, 0.1) is 11.3 Å². The number of hydrogen-bond acceptors (Lipinski definition) is 3. The van der Waals surface area contributed by atoms with Crippen molar-refractivity contribution in [3.8, 4) is 6.07 Å². The molecule has 1 N–H and O–H groups in total. The van der Waals surface area contributed by atoms with E-state index in [1.165, 1.54) is 11.8 Å². The van der Waals surface area contributed by atoms with E-state index >= 15 is 0 Å². The van der Waals surface area contributed by atoms with Crippen LogP contribution in [0.1, 0.15) is 24.5 Å². The zero-order valence-corrected chi connectivity index (χ0v) is 13.5. The molecule has 0 spiro atoms. The fourth-order valence-electron chi connectivity index (χ4n) is 1.92. The lowest BCUT2D eigenvalue weighted by Crippen LogP contribution is -2.13. The summed E-state index contributed by atoms with van der Waals surface area (Å²) in [6.07, 6.45) is 1.10. The molecule has 2 nitrogen and oxygen atoms in total. The standard InChI is InChI=1S/C17H17ClN2S/c1-2-9-20-12-13-7-8-16(14(10-13)11-19)21-17-6-4-3-5-15(17)18/h3-8,10,20H,2,9,12H2,1H3. The Balaban J connectivity index is 2.17. The van der Waals surface area contributed by atoms with Gasteiger partial charge in [0.05, 0.1) is 10.6 Å². The van der Waals surface area contributed by atoms with Crippen molar-refractivity contribution in [3.63, 3.8) is 0 Å². The fraction of sp³-hybridized carbons (Fsp3) is 0.235. The highest BCUT2D eigenvalue weighted by Crippen LogP contribution is 2.35. The summed E-state index contributed by atoms with van der Waals surface area (Å²) < 4.78 is 0. The summed E-state index contributed by atoms with van der Waals surface area (Å²) in [6, 6.07) is 15.9. The molecule has 0 aromatic heterocycles. The van der Waals surface area contributed by atoms with E-state index in [9.17, 15) is 5.26 Å². The molecule has 0 unspecified atom stereocenters. The van der Waals surface area contributed by atoms with E-state index in [4.69, 9.17) is 11.6 Å². The zero-order chi connectivity index (χ0) is 15.1. The molecular weight excluding hydrogens is 300 g/mol. The molecule has 0 aliphatic heterocycles. The number of nitrogens with zero attached hydrogens (tertiary/aromatic N) is 1. The predicted octanol–water partition coefficient (Wildman–Crippen LogP) is 4.86. The van der Waals surface area contributed by atoms with Crippen LogP contribution in [0.15, 0.2) is 52.3 Å². The monoisotopic (exact) mass is 316 g/mol. The zero-order valence-electron chi connectivity index (χ0n) is 11.9. The van der Waals surface area contributed by atoms with Gasteiger partial charge in [-0.3, -0.25) is 0 Å². The largest absolute Gasteiger partial charge is 0.313 e. The molecule has 2 rings (SSSR count). The first-order valence-electron chi connectivity index (χ1n) is 6.90. The minimum atomic E-state index is 0.690. The maximum Gasteiger partial charge on any atom is 0.100 e. The van der Waals surface area contributed by atoms with E-state index in [1.807, 2.05) is 36.4 Å². The van der Waals surface area contributed by atoms with Crippen molar-refractivity contribution in [1.82, 2.24) is 5.32 Å². The topological polar surface area (TPSA) is 35.8 Å². The minimum Gasteiger partial charge on any atom is -0.313 e. The third-order valence-electron chi connectivity index (χ3n) is 2.98. The molecule has 0 bridgehead atoms. The first-order valence-corrected chi connectivity index (χ1v) is 8.10. The summed E-state index contributed by atoms with van der Waals surface area (Å²) >= 11 is 7.70. The van der Waals surface area contributed by atoms with Crippen molar-refractivity contribution < 1.29 is 0 Å². The van der Waals surface area contributed by atoms with Crippen LogP contribution in [-0.4, -0.2) is 6.54 Å². The van der Waals surface area contributed by atoms with Gasteiger partial charge in [0, 0.05) is 16.3 Å². The Morgan fingerprint density at radius 1 is 1.19 bits per heavy atom. The van der Waals surface area contributed by atoms with Gasteiger partial charge in [0.1, 0.15) is 6.07 Å².